The van der Waals surface area contributed by atoms with Gasteiger partial charge in [-0.2, -0.15) is 0 Å². The number of nitrogens with one attached hydrogen (secondary N) is 2. The van der Waals surface area contributed by atoms with Crippen molar-refractivity contribution in [2.75, 3.05) is 5.32 Å². The van der Waals surface area contributed by atoms with Crippen molar-refractivity contribution >= 4 is 22.1 Å². The van der Waals surface area contributed by atoms with Crippen LogP contribution in [0.5, 0.6) is 0 Å². The molecular weight excluding hydrogens is 252 g/mol. The Kier molecular flexibility index (Phi) is 4.48. The zero-order chi connectivity index (χ0) is 13.8. The molecule has 0 spiro atoms. The summed E-state index contributed by atoms with van der Waals surface area (Å²) >= 11 is 0. The third kappa shape index (κ3) is 4.85. The molecule has 0 heterocycles. The highest BCUT2D eigenvalue weighted by atomic mass is 32.2. The Morgan fingerprint density at radius 3 is 2.39 bits per heavy atom. The standard InChI is InChI=1S/C12H18N2O3S/c1-12(2,3)14-18(16,17)8-10-6-4-5-7-11(10)13-9-15/h4-7,9,14H,8H2,1-3H3,(H,13,15). The molecular formula is C12H18N2O3S. The van der Waals surface area contributed by atoms with Crippen LogP contribution in [0.1, 0.15) is 26.3 Å². The molecule has 0 atom stereocenters. The van der Waals surface area contributed by atoms with E-state index in [1.165, 1.54) is 0 Å². The van der Waals surface area contributed by atoms with E-state index in [9.17, 15) is 13.2 Å². The van der Waals surface area contributed by atoms with E-state index in [4.69, 9.17) is 0 Å². The SMILES string of the molecule is CC(C)(C)NS(=O)(=O)Cc1ccccc1NC=O. The maximum atomic E-state index is 11.9. The lowest BCUT2D eigenvalue weighted by Gasteiger charge is -2.20. The fourth-order valence-corrected chi connectivity index (χ4v) is 3.22. The number of sulfonamides is 1. The van der Waals surface area contributed by atoms with E-state index in [1.54, 1.807) is 45.0 Å². The quantitative estimate of drug-likeness (QED) is 0.796. The minimum absolute atomic E-state index is 0.165. The number of benzene rings is 1. The van der Waals surface area contributed by atoms with Gasteiger partial charge < -0.3 is 5.32 Å². The molecule has 2 N–H and O–H groups in total. The van der Waals surface area contributed by atoms with Gasteiger partial charge in [0.1, 0.15) is 0 Å². The average Bonchev–Trinajstić information content (AvgIpc) is 2.17. The third-order valence-electron chi connectivity index (χ3n) is 2.04. The highest BCUT2D eigenvalue weighted by molar-refractivity contribution is 7.88. The molecule has 6 heteroatoms. The van der Waals surface area contributed by atoms with Crippen molar-refractivity contribution in [2.45, 2.75) is 32.1 Å². The summed E-state index contributed by atoms with van der Waals surface area (Å²) in [5.74, 6) is -0.165. The van der Waals surface area contributed by atoms with E-state index < -0.39 is 15.6 Å². The van der Waals surface area contributed by atoms with Gasteiger partial charge in [-0.25, -0.2) is 13.1 Å². The van der Waals surface area contributed by atoms with Crippen LogP contribution in [0.2, 0.25) is 0 Å². The first-order valence-electron chi connectivity index (χ1n) is 5.53. The fraction of sp³-hybridized carbons (Fsp3) is 0.417. The van der Waals surface area contributed by atoms with Crippen LogP contribution in [0, 0.1) is 0 Å². The Hall–Kier alpha value is -1.40. The topological polar surface area (TPSA) is 75.3 Å². The largest absolute Gasteiger partial charge is 0.328 e. The smallest absolute Gasteiger partial charge is 0.216 e. The molecule has 0 unspecified atom stereocenters. The molecule has 1 amide bonds. The van der Waals surface area contributed by atoms with E-state index >= 15 is 0 Å². The molecule has 5 nitrogen and oxygen atoms in total. The molecule has 0 saturated heterocycles. The molecule has 1 aromatic carbocycles. The van der Waals surface area contributed by atoms with Gasteiger partial charge in [-0.05, 0) is 32.4 Å². The van der Waals surface area contributed by atoms with E-state index in [1.807, 2.05) is 0 Å². The second kappa shape index (κ2) is 5.49. The molecule has 0 bridgehead atoms. The molecule has 0 aliphatic carbocycles. The van der Waals surface area contributed by atoms with Crippen LogP contribution in [0.15, 0.2) is 24.3 Å². The predicted octanol–water partition coefficient (Wildman–Crippen LogP) is 1.47. The van der Waals surface area contributed by atoms with E-state index in [0.717, 1.165) is 0 Å². The Morgan fingerprint density at radius 1 is 1.22 bits per heavy atom. The minimum Gasteiger partial charge on any atom is -0.328 e. The van der Waals surface area contributed by atoms with Crippen LogP contribution >= 0.6 is 0 Å². The molecule has 1 aromatic rings. The van der Waals surface area contributed by atoms with E-state index in [2.05, 4.69) is 10.0 Å². The van der Waals surface area contributed by atoms with Gasteiger partial charge in [0.15, 0.2) is 0 Å². The fourth-order valence-electron chi connectivity index (χ4n) is 1.56. The lowest BCUT2D eigenvalue weighted by Crippen LogP contribution is -2.41. The van der Waals surface area contributed by atoms with Gasteiger partial charge in [-0.15, -0.1) is 0 Å². The summed E-state index contributed by atoms with van der Waals surface area (Å²) < 4.78 is 26.5. The van der Waals surface area contributed by atoms with Crippen LogP contribution in [0.25, 0.3) is 0 Å². The molecule has 0 radical (unpaired) electrons. The first kappa shape index (κ1) is 14.7. The summed E-state index contributed by atoms with van der Waals surface area (Å²) in [6, 6.07) is 6.81. The van der Waals surface area contributed by atoms with Crippen molar-refractivity contribution < 1.29 is 13.2 Å². The zero-order valence-corrected chi connectivity index (χ0v) is 11.5. The normalized spacial score (nSPS) is 12.2. The Labute approximate surface area is 108 Å². The molecule has 18 heavy (non-hydrogen) atoms. The zero-order valence-electron chi connectivity index (χ0n) is 10.7. The minimum atomic E-state index is -3.44. The van der Waals surface area contributed by atoms with Crippen molar-refractivity contribution in [3.8, 4) is 0 Å². The number of anilines is 1. The van der Waals surface area contributed by atoms with Crippen LogP contribution < -0.4 is 10.0 Å². The number of carbonyl (C=O) groups excluding carboxylic acids is 1. The third-order valence-corrected chi connectivity index (χ3v) is 3.65. The molecule has 0 fully saturated rings. The van der Waals surface area contributed by atoms with Crippen molar-refractivity contribution in [3.05, 3.63) is 29.8 Å². The van der Waals surface area contributed by atoms with E-state index in [0.29, 0.717) is 17.7 Å². The Bertz CT molecular complexity index is 518. The van der Waals surface area contributed by atoms with Gasteiger partial charge in [0.05, 0.1) is 5.75 Å². The summed E-state index contributed by atoms with van der Waals surface area (Å²) in [7, 11) is -3.44. The Morgan fingerprint density at radius 2 is 1.83 bits per heavy atom. The molecule has 1 rings (SSSR count). The van der Waals surface area contributed by atoms with Crippen molar-refractivity contribution in [1.82, 2.24) is 4.72 Å². The van der Waals surface area contributed by atoms with Gasteiger partial charge in [-0.1, -0.05) is 18.2 Å². The maximum Gasteiger partial charge on any atom is 0.216 e. The van der Waals surface area contributed by atoms with Crippen LogP contribution in [-0.2, 0) is 20.6 Å². The number of hydrogen-bond acceptors (Lipinski definition) is 3. The van der Waals surface area contributed by atoms with Crippen molar-refractivity contribution in [3.63, 3.8) is 0 Å². The van der Waals surface area contributed by atoms with Crippen LogP contribution in [0.4, 0.5) is 5.69 Å². The number of rotatable bonds is 5. The van der Waals surface area contributed by atoms with Crippen molar-refractivity contribution in [2.24, 2.45) is 0 Å². The van der Waals surface area contributed by atoms with Crippen LogP contribution in [-0.4, -0.2) is 20.4 Å². The van der Waals surface area contributed by atoms with Gasteiger partial charge in [-0.3, -0.25) is 4.79 Å². The lowest BCUT2D eigenvalue weighted by atomic mass is 10.1. The predicted molar refractivity (Wildman–Crippen MR) is 71.6 cm³/mol. The summed E-state index contributed by atoms with van der Waals surface area (Å²) in [4.78, 5) is 10.4. The first-order valence-corrected chi connectivity index (χ1v) is 7.18. The van der Waals surface area contributed by atoms with Gasteiger partial charge >= 0.3 is 0 Å². The van der Waals surface area contributed by atoms with Gasteiger partial charge in [0.2, 0.25) is 16.4 Å². The average molecular weight is 270 g/mol. The number of carbonyl (C=O) groups is 1. The molecule has 0 saturated carbocycles. The summed E-state index contributed by atoms with van der Waals surface area (Å²) in [6.45, 7) is 5.33. The summed E-state index contributed by atoms with van der Waals surface area (Å²) in [5.41, 5.74) is 0.541. The highest BCUT2D eigenvalue weighted by Crippen LogP contribution is 2.17. The highest BCUT2D eigenvalue weighted by Gasteiger charge is 2.21. The second-order valence-corrected chi connectivity index (χ2v) is 6.75. The summed E-state index contributed by atoms with van der Waals surface area (Å²) in [6.07, 6.45) is 0.530. The number of hydrogen-bond donors (Lipinski definition) is 2. The molecule has 0 aliphatic rings. The lowest BCUT2D eigenvalue weighted by molar-refractivity contribution is -0.105. The van der Waals surface area contributed by atoms with Gasteiger partial charge in [0, 0.05) is 11.2 Å². The van der Waals surface area contributed by atoms with Gasteiger partial charge in [0.25, 0.3) is 0 Å². The first-order chi connectivity index (χ1) is 8.23. The molecule has 0 aliphatic heterocycles. The maximum absolute atomic E-state index is 11.9. The number of amides is 1. The van der Waals surface area contributed by atoms with Crippen molar-refractivity contribution in [1.29, 1.82) is 0 Å². The summed E-state index contributed by atoms with van der Waals surface area (Å²) in [5, 5.41) is 2.49. The van der Waals surface area contributed by atoms with Crippen LogP contribution in [0.3, 0.4) is 0 Å². The Balaban J connectivity index is 2.94. The molecule has 100 valence electrons. The number of para-hydroxylation sites is 1. The van der Waals surface area contributed by atoms with E-state index in [-0.39, 0.29) is 5.75 Å². The second-order valence-electron chi connectivity index (χ2n) is 5.03. The monoisotopic (exact) mass is 270 g/mol. The molecule has 0 aromatic heterocycles.